The van der Waals surface area contributed by atoms with Crippen LogP contribution in [0.15, 0.2) is 48.7 Å². The zero-order valence-electron chi connectivity index (χ0n) is 15.3. The number of benzene rings is 1. The van der Waals surface area contributed by atoms with Crippen molar-refractivity contribution in [1.29, 1.82) is 0 Å². The number of hydrogen-bond donors (Lipinski definition) is 3. The maximum atomic E-state index is 6.04. The highest BCUT2D eigenvalue weighted by Crippen LogP contribution is 2.28. The van der Waals surface area contributed by atoms with Crippen molar-refractivity contribution in [2.24, 2.45) is 11.8 Å². The van der Waals surface area contributed by atoms with Crippen LogP contribution in [0.5, 0.6) is 0 Å². The smallest absolute Gasteiger partial charge is 0.127 e. The van der Waals surface area contributed by atoms with E-state index in [1.165, 1.54) is 18.4 Å². The van der Waals surface area contributed by atoms with Gasteiger partial charge in [-0.15, -0.1) is 0 Å². The Labute approximate surface area is 156 Å². The summed E-state index contributed by atoms with van der Waals surface area (Å²) < 4.78 is 0. The number of likely N-dealkylation sites (tertiary alicyclic amines) is 1. The number of nitrogens with zero attached hydrogens (tertiary/aromatic N) is 2. The van der Waals surface area contributed by atoms with E-state index >= 15 is 0 Å². The Morgan fingerprint density at radius 1 is 1.15 bits per heavy atom. The molecule has 4 N–H and O–H groups in total. The lowest BCUT2D eigenvalue weighted by molar-refractivity contribution is 0.132. The lowest BCUT2D eigenvalue weighted by atomic mass is 9.81. The average Bonchev–Trinajstić information content (AvgIpc) is 3.13. The lowest BCUT2D eigenvalue weighted by Crippen LogP contribution is -2.47. The maximum Gasteiger partial charge on any atom is 0.127 e. The second kappa shape index (κ2) is 8.16. The Balaban J connectivity index is 1.39. The van der Waals surface area contributed by atoms with Gasteiger partial charge in [0.2, 0.25) is 0 Å². The first-order valence-corrected chi connectivity index (χ1v) is 9.73. The number of aromatic nitrogens is 1. The van der Waals surface area contributed by atoms with E-state index in [1.54, 1.807) is 6.20 Å². The molecule has 1 aromatic heterocycles. The number of nitrogen functional groups attached to an aromatic ring is 1. The number of anilines is 1. The Hall–Kier alpha value is -1.95. The largest absolute Gasteiger partial charge is 0.383 e. The van der Waals surface area contributed by atoms with E-state index in [2.05, 4.69) is 57.1 Å². The van der Waals surface area contributed by atoms with Crippen molar-refractivity contribution in [2.45, 2.75) is 31.8 Å². The summed E-state index contributed by atoms with van der Waals surface area (Å²) in [7, 11) is 0. The fourth-order valence-electron chi connectivity index (χ4n) is 4.52. The molecule has 0 amide bonds. The minimum atomic E-state index is 0.532. The van der Waals surface area contributed by atoms with Crippen LogP contribution in [0.4, 0.5) is 5.82 Å². The molecule has 2 saturated heterocycles. The molecule has 0 spiro atoms. The monoisotopic (exact) mass is 351 g/mol. The summed E-state index contributed by atoms with van der Waals surface area (Å²) in [5.74, 6) is 1.98. The number of rotatable bonds is 5. The van der Waals surface area contributed by atoms with Crippen LogP contribution >= 0.6 is 0 Å². The molecule has 0 saturated carbocycles. The van der Waals surface area contributed by atoms with E-state index in [-0.39, 0.29) is 0 Å². The number of pyridine rings is 1. The highest BCUT2D eigenvalue weighted by Gasteiger charge is 2.35. The molecule has 4 rings (SSSR count). The van der Waals surface area contributed by atoms with Gasteiger partial charge >= 0.3 is 0 Å². The average molecular weight is 351 g/mol. The van der Waals surface area contributed by atoms with Crippen LogP contribution in [-0.2, 0) is 13.0 Å². The van der Waals surface area contributed by atoms with Gasteiger partial charge in [-0.2, -0.15) is 0 Å². The molecule has 2 fully saturated rings. The molecule has 0 aliphatic carbocycles. The Kier molecular flexibility index (Phi) is 5.48. The van der Waals surface area contributed by atoms with Crippen molar-refractivity contribution >= 4 is 5.82 Å². The molecule has 0 bridgehead atoms. The number of hydrogen-bond acceptors (Lipinski definition) is 5. The van der Waals surface area contributed by atoms with E-state index in [1.807, 2.05) is 6.07 Å². The maximum absolute atomic E-state index is 6.04. The molecule has 26 heavy (non-hydrogen) atoms. The second-order valence-electron chi connectivity index (χ2n) is 7.69. The number of nitrogens with two attached hydrogens (primary N) is 1. The highest BCUT2D eigenvalue weighted by atomic mass is 15.4. The fourth-order valence-corrected chi connectivity index (χ4v) is 4.52. The second-order valence-corrected chi connectivity index (χ2v) is 7.69. The molecule has 3 heterocycles. The van der Waals surface area contributed by atoms with Crippen molar-refractivity contribution < 1.29 is 0 Å². The Morgan fingerprint density at radius 3 is 2.88 bits per heavy atom. The van der Waals surface area contributed by atoms with Crippen LogP contribution in [0.1, 0.15) is 24.0 Å². The van der Waals surface area contributed by atoms with E-state index in [9.17, 15) is 0 Å². The van der Waals surface area contributed by atoms with Gasteiger partial charge in [-0.05, 0) is 49.3 Å². The third-order valence-electron chi connectivity index (χ3n) is 5.85. The minimum absolute atomic E-state index is 0.532. The van der Waals surface area contributed by atoms with Crippen molar-refractivity contribution in [3.8, 4) is 0 Å². The molecule has 3 atom stereocenters. The fraction of sp³-hybridized carbons (Fsp3) is 0.476. The summed E-state index contributed by atoms with van der Waals surface area (Å²) >= 11 is 0. The number of piperidine rings is 1. The summed E-state index contributed by atoms with van der Waals surface area (Å²) in [5.41, 5.74) is 15.6. The molecule has 138 valence electrons. The first-order valence-electron chi connectivity index (χ1n) is 9.73. The normalized spacial score (nSPS) is 26.8. The number of hydrazine groups is 1. The molecule has 5 nitrogen and oxygen atoms in total. The van der Waals surface area contributed by atoms with Crippen LogP contribution in [0.25, 0.3) is 0 Å². The van der Waals surface area contributed by atoms with Gasteiger partial charge in [0.15, 0.2) is 0 Å². The molecule has 3 unspecified atom stereocenters. The molecular formula is C21H29N5. The minimum Gasteiger partial charge on any atom is -0.383 e. The topological polar surface area (TPSA) is 66.2 Å². The summed E-state index contributed by atoms with van der Waals surface area (Å²) in [6.45, 7) is 4.22. The third kappa shape index (κ3) is 4.06. The molecule has 2 aromatic rings. The SMILES string of the molecule is Nc1ncccc1CN1CCCC(C2NNCC2Cc2ccccc2)C1. The zero-order valence-corrected chi connectivity index (χ0v) is 15.3. The summed E-state index contributed by atoms with van der Waals surface area (Å²) in [6.07, 6.45) is 5.45. The highest BCUT2D eigenvalue weighted by molar-refractivity contribution is 5.38. The Morgan fingerprint density at radius 2 is 2.04 bits per heavy atom. The van der Waals surface area contributed by atoms with Crippen molar-refractivity contribution in [2.75, 3.05) is 25.4 Å². The molecule has 5 heteroatoms. The van der Waals surface area contributed by atoms with Gasteiger partial charge in [0.1, 0.15) is 5.82 Å². The summed E-state index contributed by atoms with van der Waals surface area (Å²) in [4.78, 5) is 6.77. The molecule has 1 aromatic carbocycles. The van der Waals surface area contributed by atoms with Crippen LogP contribution in [0, 0.1) is 11.8 Å². The van der Waals surface area contributed by atoms with Gasteiger partial charge in [0.25, 0.3) is 0 Å². The van der Waals surface area contributed by atoms with E-state index in [4.69, 9.17) is 5.73 Å². The van der Waals surface area contributed by atoms with Gasteiger partial charge < -0.3 is 5.73 Å². The van der Waals surface area contributed by atoms with Crippen molar-refractivity contribution in [3.63, 3.8) is 0 Å². The van der Waals surface area contributed by atoms with E-state index in [0.29, 0.717) is 23.7 Å². The Bertz CT molecular complexity index is 705. The van der Waals surface area contributed by atoms with Gasteiger partial charge in [-0.1, -0.05) is 36.4 Å². The molecule has 0 radical (unpaired) electrons. The van der Waals surface area contributed by atoms with E-state index in [0.717, 1.165) is 38.2 Å². The zero-order chi connectivity index (χ0) is 17.8. The van der Waals surface area contributed by atoms with Gasteiger partial charge in [-0.25, -0.2) is 4.98 Å². The summed E-state index contributed by atoms with van der Waals surface area (Å²) in [6, 6.07) is 15.5. The van der Waals surface area contributed by atoms with Crippen LogP contribution in [-0.4, -0.2) is 35.6 Å². The van der Waals surface area contributed by atoms with Crippen LogP contribution in [0.2, 0.25) is 0 Å². The molecular weight excluding hydrogens is 322 g/mol. The first kappa shape index (κ1) is 17.5. The molecule has 2 aliphatic heterocycles. The predicted octanol–water partition coefficient (Wildman–Crippen LogP) is 2.21. The standard InChI is InChI=1S/C21H29N5/c22-21-18(8-4-10-23-21)15-26-11-5-9-17(14-26)20-19(13-24-25-20)12-16-6-2-1-3-7-16/h1-4,6-8,10,17,19-20,24-25H,5,9,11-15H2,(H2,22,23). The lowest BCUT2D eigenvalue weighted by Gasteiger charge is -2.37. The predicted molar refractivity (Wildman–Crippen MR) is 105 cm³/mol. The quantitative estimate of drug-likeness (QED) is 0.771. The van der Waals surface area contributed by atoms with Gasteiger partial charge in [-0.3, -0.25) is 15.8 Å². The van der Waals surface area contributed by atoms with Crippen LogP contribution in [0.3, 0.4) is 0 Å². The van der Waals surface area contributed by atoms with Crippen molar-refractivity contribution in [1.82, 2.24) is 20.7 Å². The van der Waals surface area contributed by atoms with Crippen LogP contribution < -0.4 is 16.6 Å². The summed E-state index contributed by atoms with van der Waals surface area (Å²) in [5, 5.41) is 0. The van der Waals surface area contributed by atoms with E-state index < -0.39 is 0 Å². The van der Waals surface area contributed by atoms with Crippen molar-refractivity contribution in [3.05, 3.63) is 59.8 Å². The first-order chi connectivity index (χ1) is 12.8. The molecule has 2 aliphatic rings. The number of nitrogens with one attached hydrogen (secondary N) is 2. The van der Waals surface area contributed by atoms with Gasteiger partial charge in [0, 0.05) is 37.4 Å². The van der Waals surface area contributed by atoms with Gasteiger partial charge in [0.05, 0.1) is 0 Å². The third-order valence-corrected chi connectivity index (χ3v) is 5.85.